The van der Waals surface area contributed by atoms with Crippen molar-refractivity contribution < 1.29 is 0 Å². The van der Waals surface area contributed by atoms with Crippen LogP contribution in [0.15, 0.2) is 20.9 Å². The molecule has 1 heterocycles. The molecule has 80 valence electrons. The van der Waals surface area contributed by atoms with Crippen LogP contribution in [0.4, 0.5) is 0 Å². The molecule has 0 fully saturated rings. The minimum atomic E-state index is -0.481. The number of aromatic nitrogens is 2. The minimum absolute atomic E-state index is 0.186. The highest BCUT2D eigenvalue weighted by molar-refractivity contribution is 5.03. The fourth-order valence-corrected chi connectivity index (χ4v) is 1.17. The maximum absolute atomic E-state index is 11.3. The number of H-pyrrole nitrogens is 1. The average Bonchev–Trinajstić information content (AvgIpc) is 2.21. The molecule has 0 atom stereocenters. The Hall–Kier alpha value is -2.01. The van der Waals surface area contributed by atoms with Gasteiger partial charge in [0.05, 0.1) is 0 Å². The van der Waals surface area contributed by atoms with Crippen LogP contribution in [-0.2, 0) is 13.0 Å². The van der Waals surface area contributed by atoms with Crippen molar-refractivity contribution in [3.05, 3.63) is 43.0 Å². The van der Waals surface area contributed by atoms with Crippen molar-refractivity contribution in [1.82, 2.24) is 9.55 Å². The van der Waals surface area contributed by atoms with Crippen LogP contribution in [0.1, 0.15) is 12.5 Å². The second-order valence-electron chi connectivity index (χ2n) is 2.92. The number of hydrogen-bond acceptors (Lipinski definition) is 3. The van der Waals surface area contributed by atoms with Gasteiger partial charge in [0.1, 0.15) is 0 Å². The molecule has 1 aromatic rings. The first-order valence-electron chi connectivity index (χ1n) is 4.52. The summed E-state index contributed by atoms with van der Waals surface area (Å²) in [5.74, 6) is 0. The molecule has 0 saturated carbocycles. The van der Waals surface area contributed by atoms with Gasteiger partial charge in [-0.3, -0.25) is 9.78 Å². The van der Waals surface area contributed by atoms with E-state index in [1.807, 2.05) is 6.92 Å². The van der Waals surface area contributed by atoms with Gasteiger partial charge in [-0.1, -0.05) is 12.0 Å². The molecule has 0 radical (unpaired) electrons. The van der Waals surface area contributed by atoms with E-state index in [1.165, 1.54) is 10.8 Å². The molecule has 0 aliphatic rings. The van der Waals surface area contributed by atoms with Crippen molar-refractivity contribution in [2.75, 3.05) is 6.54 Å². The van der Waals surface area contributed by atoms with Gasteiger partial charge in [0.25, 0.3) is 5.56 Å². The number of hydrogen-bond donors (Lipinski definition) is 1. The summed E-state index contributed by atoms with van der Waals surface area (Å²) in [6.07, 6.45) is 2.05. The van der Waals surface area contributed by atoms with E-state index in [2.05, 4.69) is 15.0 Å². The Balaban J connectivity index is 3.02. The molecule has 0 aliphatic carbocycles. The van der Waals surface area contributed by atoms with E-state index >= 15 is 0 Å². The maximum Gasteiger partial charge on any atom is 0.328 e. The summed E-state index contributed by atoms with van der Waals surface area (Å²) in [5.41, 5.74) is 7.77. The zero-order valence-corrected chi connectivity index (χ0v) is 8.30. The summed E-state index contributed by atoms with van der Waals surface area (Å²) >= 11 is 0. The van der Waals surface area contributed by atoms with Crippen LogP contribution in [-0.4, -0.2) is 16.1 Å². The highest BCUT2D eigenvalue weighted by Crippen LogP contribution is 1.89. The number of rotatable bonds is 4. The molecule has 0 aliphatic heterocycles. The smallest absolute Gasteiger partial charge is 0.300 e. The van der Waals surface area contributed by atoms with E-state index in [0.29, 0.717) is 12.0 Å². The zero-order chi connectivity index (χ0) is 11.3. The average molecular weight is 209 g/mol. The number of aryl methyl sites for hydroxylation is 1. The molecular formula is C8H11N5O2. The van der Waals surface area contributed by atoms with E-state index in [-0.39, 0.29) is 18.6 Å². The minimum Gasteiger partial charge on any atom is -0.300 e. The number of nitrogens with one attached hydrogen (secondary N) is 1. The van der Waals surface area contributed by atoms with Crippen molar-refractivity contribution in [3.63, 3.8) is 0 Å². The third kappa shape index (κ3) is 2.72. The van der Waals surface area contributed by atoms with Crippen molar-refractivity contribution in [1.29, 1.82) is 0 Å². The van der Waals surface area contributed by atoms with Crippen molar-refractivity contribution in [2.24, 2.45) is 5.11 Å². The number of azide groups is 1. The fourth-order valence-electron chi connectivity index (χ4n) is 1.17. The lowest BCUT2D eigenvalue weighted by atomic mass is 10.3. The highest BCUT2D eigenvalue weighted by atomic mass is 16.2. The Labute approximate surface area is 85.0 Å². The van der Waals surface area contributed by atoms with Crippen LogP contribution >= 0.6 is 0 Å². The Bertz CT molecular complexity index is 494. The van der Waals surface area contributed by atoms with Gasteiger partial charge in [0, 0.05) is 29.8 Å². The van der Waals surface area contributed by atoms with Gasteiger partial charge >= 0.3 is 5.69 Å². The first-order chi connectivity index (χ1) is 7.19. The lowest BCUT2D eigenvalue weighted by molar-refractivity contribution is 0.646. The zero-order valence-electron chi connectivity index (χ0n) is 8.30. The standard InChI is InChI=1S/C8H11N5O2/c1-2-6-5-13(4-3-10-12-9)8(15)11-7(6)14/h5H,2-4H2,1H3,(H,11,14,15). The van der Waals surface area contributed by atoms with Crippen LogP contribution in [0.3, 0.4) is 0 Å². The SMILES string of the molecule is CCc1cn(CCN=[N+]=[N-])c(=O)[nH]c1=O. The summed E-state index contributed by atoms with van der Waals surface area (Å²) in [4.78, 5) is 27.3. The molecule has 0 unspecified atom stereocenters. The van der Waals surface area contributed by atoms with E-state index in [4.69, 9.17) is 5.53 Å². The first-order valence-corrected chi connectivity index (χ1v) is 4.52. The molecule has 7 heteroatoms. The Morgan fingerprint density at radius 3 is 2.93 bits per heavy atom. The first kappa shape index (κ1) is 11.1. The third-order valence-electron chi connectivity index (χ3n) is 1.97. The van der Waals surface area contributed by atoms with E-state index in [1.54, 1.807) is 0 Å². The molecule has 1 aromatic heterocycles. The number of aromatic amines is 1. The van der Waals surface area contributed by atoms with Gasteiger partial charge in [-0.2, -0.15) is 0 Å². The molecule has 0 spiro atoms. The fraction of sp³-hybridized carbons (Fsp3) is 0.500. The van der Waals surface area contributed by atoms with Crippen LogP contribution in [0.25, 0.3) is 10.4 Å². The Morgan fingerprint density at radius 2 is 2.33 bits per heavy atom. The summed E-state index contributed by atoms with van der Waals surface area (Å²) < 4.78 is 1.33. The van der Waals surface area contributed by atoms with Gasteiger partial charge in [-0.05, 0) is 12.0 Å². The molecule has 0 amide bonds. The second kappa shape index (κ2) is 5.02. The normalized spacial score (nSPS) is 9.67. The van der Waals surface area contributed by atoms with Crippen molar-refractivity contribution in [3.8, 4) is 0 Å². The van der Waals surface area contributed by atoms with Crippen LogP contribution in [0.5, 0.6) is 0 Å². The summed E-state index contributed by atoms with van der Waals surface area (Å²) in [5, 5.41) is 3.31. The van der Waals surface area contributed by atoms with E-state index in [9.17, 15) is 9.59 Å². The second-order valence-corrected chi connectivity index (χ2v) is 2.92. The van der Waals surface area contributed by atoms with Crippen LogP contribution in [0.2, 0.25) is 0 Å². The maximum atomic E-state index is 11.3. The van der Waals surface area contributed by atoms with E-state index in [0.717, 1.165) is 0 Å². The van der Waals surface area contributed by atoms with Crippen LogP contribution < -0.4 is 11.2 Å². The molecule has 7 nitrogen and oxygen atoms in total. The third-order valence-corrected chi connectivity index (χ3v) is 1.97. The van der Waals surface area contributed by atoms with Gasteiger partial charge in [-0.25, -0.2) is 4.79 Å². The quantitative estimate of drug-likeness (QED) is 0.440. The molecule has 0 aromatic carbocycles. The highest BCUT2D eigenvalue weighted by Gasteiger charge is 2.01. The van der Waals surface area contributed by atoms with E-state index < -0.39 is 5.69 Å². The van der Waals surface area contributed by atoms with Crippen molar-refractivity contribution >= 4 is 0 Å². The van der Waals surface area contributed by atoms with Gasteiger partial charge in [0.15, 0.2) is 0 Å². The van der Waals surface area contributed by atoms with Gasteiger partial charge in [0.2, 0.25) is 0 Å². The number of nitrogens with zero attached hydrogens (tertiary/aromatic N) is 4. The molecule has 15 heavy (non-hydrogen) atoms. The van der Waals surface area contributed by atoms with Gasteiger partial charge < -0.3 is 4.57 Å². The molecule has 1 N–H and O–H groups in total. The lowest BCUT2D eigenvalue weighted by Crippen LogP contribution is -2.32. The van der Waals surface area contributed by atoms with Gasteiger partial charge in [-0.15, -0.1) is 0 Å². The summed E-state index contributed by atoms with van der Waals surface area (Å²) in [6, 6.07) is 0. The summed E-state index contributed by atoms with van der Waals surface area (Å²) in [7, 11) is 0. The largest absolute Gasteiger partial charge is 0.328 e. The Kier molecular flexibility index (Phi) is 3.70. The molecule has 1 rings (SSSR count). The van der Waals surface area contributed by atoms with Crippen molar-refractivity contribution in [2.45, 2.75) is 19.9 Å². The molecule has 0 saturated heterocycles. The summed E-state index contributed by atoms with van der Waals surface area (Å²) in [6.45, 7) is 2.28. The molecular weight excluding hydrogens is 198 g/mol. The monoisotopic (exact) mass is 209 g/mol. The lowest BCUT2D eigenvalue weighted by Gasteiger charge is -2.03. The van der Waals surface area contributed by atoms with Crippen LogP contribution in [0, 0.1) is 0 Å². The Morgan fingerprint density at radius 1 is 1.60 bits per heavy atom. The molecule has 0 bridgehead atoms. The topological polar surface area (TPSA) is 104 Å². The predicted molar refractivity (Wildman–Crippen MR) is 54.7 cm³/mol. The predicted octanol–water partition coefficient (Wildman–Crippen LogP) is 0.409.